The van der Waals surface area contributed by atoms with Crippen molar-refractivity contribution in [3.63, 3.8) is 0 Å². The van der Waals surface area contributed by atoms with Crippen LogP contribution in [0.15, 0.2) is 42.7 Å². The van der Waals surface area contributed by atoms with Gasteiger partial charge in [-0.15, -0.1) is 0 Å². The van der Waals surface area contributed by atoms with E-state index in [1.54, 1.807) is 13.3 Å². The van der Waals surface area contributed by atoms with Gasteiger partial charge >= 0.3 is 0 Å². The summed E-state index contributed by atoms with van der Waals surface area (Å²) >= 11 is 0. The predicted octanol–water partition coefficient (Wildman–Crippen LogP) is 4.18. The molecule has 0 spiro atoms. The van der Waals surface area contributed by atoms with Gasteiger partial charge in [0.05, 0.1) is 29.6 Å². The van der Waals surface area contributed by atoms with Crippen LogP contribution in [0.3, 0.4) is 0 Å². The molecule has 32 heavy (non-hydrogen) atoms. The SMILES string of the molecule is COc1ccccc1NC(=O)c1cnc2[nH]ccc2c1N[C@H]1[C@@H]2CC3C[C@H]1C[C@@](O)(C3)C2. The van der Waals surface area contributed by atoms with Crippen molar-refractivity contribution in [2.45, 2.75) is 43.7 Å². The first kappa shape index (κ1) is 19.6. The molecule has 2 heterocycles. The van der Waals surface area contributed by atoms with Crippen LogP contribution in [-0.4, -0.2) is 39.7 Å². The van der Waals surface area contributed by atoms with Gasteiger partial charge in [0.25, 0.3) is 5.91 Å². The minimum absolute atomic E-state index is 0.227. The number of hydrogen-bond donors (Lipinski definition) is 4. The number of rotatable bonds is 5. The normalized spacial score (nSPS) is 30.4. The van der Waals surface area contributed by atoms with E-state index in [0.29, 0.717) is 34.8 Å². The highest BCUT2D eigenvalue weighted by Gasteiger charge is 2.54. The van der Waals surface area contributed by atoms with E-state index in [4.69, 9.17) is 4.74 Å². The van der Waals surface area contributed by atoms with Gasteiger partial charge in [0.2, 0.25) is 0 Å². The maximum Gasteiger partial charge on any atom is 0.259 e. The fraction of sp³-hybridized carbons (Fsp3) is 0.440. The lowest BCUT2D eigenvalue weighted by Crippen LogP contribution is -2.59. The Morgan fingerprint density at radius 2 is 1.97 bits per heavy atom. The molecule has 4 aliphatic rings. The van der Waals surface area contributed by atoms with Gasteiger partial charge in [-0.05, 0) is 68.1 Å². The summed E-state index contributed by atoms with van der Waals surface area (Å²) in [5, 5.41) is 18.6. The molecule has 4 aliphatic carbocycles. The molecule has 4 bridgehead atoms. The Hall–Kier alpha value is -3.06. The van der Waals surface area contributed by atoms with Crippen molar-refractivity contribution in [3.8, 4) is 5.75 Å². The summed E-state index contributed by atoms with van der Waals surface area (Å²) in [6.07, 6.45) is 8.45. The van der Waals surface area contributed by atoms with Crippen molar-refractivity contribution in [1.82, 2.24) is 9.97 Å². The number of pyridine rings is 1. The quantitative estimate of drug-likeness (QED) is 0.485. The Morgan fingerprint density at radius 3 is 2.72 bits per heavy atom. The van der Waals surface area contributed by atoms with Crippen molar-refractivity contribution < 1.29 is 14.6 Å². The lowest BCUT2D eigenvalue weighted by atomic mass is 9.52. The molecule has 1 aromatic carbocycles. The second-order valence-electron chi connectivity index (χ2n) is 9.81. The third-order valence-corrected chi connectivity index (χ3v) is 7.74. The van der Waals surface area contributed by atoms with Gasteiger partial charge in [0.1, 0.15) is 11.4 Å². The number of anilines is 2. The number of aromatic amines is 1. The molecule has 7 nitrogen and oxygen atoms in total. The number of aromatic nitrogens is 2. The zero-order valence-electron chi connectivity index (χ0n) is 18.1. The molecule has 2 aromatic heterocycles. The summed E-state index contributed by atoms with van der Waals surface area (Å²) < 4.78 is 5.39. The number of para-hydroxylation sites is 2. The lowest BCUT2D eigenvalue weighted by molar-refractivity contribution is -0.129. The average Bonchev–Trinajstić information content (AvgIpc) is 3.24. The van der Waals surface area contributed by atoms with Gasteiger partial charge in [-0.1, -0.05) is 12.1 Å². The molecular weight excluding hydrogens is 404 g/mol. The molecule has 7 heteroatoms. The van der Waals surface area contributed by atoms with E-state index < -0.39 is 5.60 Å². The monoisotopic (exact) mass is 432 g/mol. The van der Waals surface area contributed by atoms with E-state index in [2.05, 4.69) is 20.6 Å². The van der Waals surface area contributed by atoms with Crippen LogP contribution >= 0.6 is 0 Å². The van der Waals surface area contributed by atoms with Crippen molar-refractivity contribution in [1.29, 1.82) is 0 Å². The van der Waals surface area contributed by atoms with E-state index in [9.17, 15) is 9.90 Å². The van der Waals surface area contributed by atoms with E-state index in [0.717, 1.165) is 48.8 Å². The molecule has 7 rings (SSSR count). The molecule has 5 atom stereocenters. The highest BCUT2D eigenvalue weighted by Crippen LogP contribution is 2.56. The molecular formula is C25H28N4O3. The fourth-order valence-corrected chi connectivity index (χ4v) is 6.66. The molecule has 4 fully saturated rings. The van der Waals surface area contributed by atoms with Crippen molar-refractivity contribution in [3.05, 3.63) is 48.3 Å². The molecule has 4 N–H and O–H groups in total. The number of amides is 1. The molecule has 166 valence electrons. The Balaban J connectivity index is 1.35. The molecule has 1 unspecified atom stereocenters. The number of nitrogens with one attached hydrogen (secondary N) is 3. The van der Waals surface area contributed by atoms with Gasteiger partial charge in [-0.3, -0.25) is 4.79 Å². The fourth-order valence-electron chi connectivity index (χ4n) is 6.66. The largest absolute Gasteiger partial charge is 0.495 e. The lowest BCUT2D eigenvalue weighted by Gasteiger charge is -2.58. The van der Waals surface area contributed by atoms with E-state index >= 15 is 0 Å². The Kier molecular flexibility index (Phi) is 4.43. The number of nitrogens with zero attached hydrogens (tertiary/aromatic N) is 1. The van der Waals surface area contributed by atoms with Crippen LogP contribution in [0.5, 0.6) is 5.75 Å². The van der Waals surface area contributed by atoms with Crippen LogP contribution in [0.4, 0.5) is 11.4 Å². The minimum atomic E-state index is -0.486. The van der Waals surface area contributed by atoms with Crippen molar-refractivity contribution >= 4 is 28.3 Å². The maximum absolute atomic E-state index is 13.4. The second kappa shape index (κ2) is 7.24. The number of methoxy groups -OCH3 is 1. The van der Waals surface area contributed by atoms with Gasteiger partial charge in [-0.25, -0.2) is 4.98 Å². The first-order valence-electron chi connectivity index (χ1n) is 11.4. The maximum atomic E-state index is 13.4. The summed E-state index contributed by atoms with van der Waals surface area (Å²) in [4.78, 5) is 21.0. The molecule has 4 saturated carbocycles. The van der Waals surface area contributed by atoms with Gasteiger partial charge in [0.15, 0.2) is 0 Å². The number of hydrogen-bond acceptors (Lipinski definition) is 5. The Labute approximate surface area is 186 Å². The number of ether oxygens (including phenoxy) is 1. The van der Waals surface area contributed by atoms with E-state index in [-0.39, 0.29) is 11.9 Å². The van der Waals surface area contributed by atoms with E-state index in [1.165, 1.54) is 0 Å². The van der Waals surface area contributed by atoms with E-state index in [1.807, 2.05) is 36.5 Å². The van der Waals surface area contributed by atoms with Crippen LogP contribution in [0, 0.1) is 17.8 Å². The smallest absolute Gasteiger partial charge is 0.259 e. The summed E-state index contributed by atoms with van der Waals surface area (Å²) in [5.41, 5.74) is 2.21. The van der Waals surface area contributed by atoms with Crippen molar-refractivity contribution in [2.75, 3.05) is 17.7 Å². The van der Waals surface area contributed by atoms with Gasteiger partial charge < -0.3 is 25.5 Å². The molecule has 0 radical (unpaired) electrons. The molecule has 0 aliphatic heterocycles. The Morgan fingerprint density at radius 1 is 1.19 bits per heavy atom. The number of carbonyl (C=O) groups excluding carboxylic acids is 1. The standard InChI is InChI=1S/C25H28N4O3/c1-32-20-5-3-2-4-19(20)28-24(30)18-13-27-23-17(6-7-26-23)22(18)29-21-15-8-14-9-16(21)12-25(31,10-14)11-15/h2-7,13-16,21,31H,8-12H2,1H3,(H,28,30)(H2,26,27,29)/t14?,15-,16+,21+,25-. The number of carbonyl (C=O) groups is 1. The first-order chi connectivity index (χ1) is 15.5. The van der Waals surface area contributed by atoms with Crippen LogP contribution in [-0.2, 0) is 0 Å². The van der Waals surface area contributed by atoms with Crippen LogP contribution in [0.2, 0.25) is 0 Å². The number of fused-ring (bicyclic) bond motifs is 1. The Bertz CT molecular complexity index is 1170. The summed E-state index contributed by atoms with van der Waals surface area (Å²) in [7, 11) is 1.59. The molecule has 1 amide bonds. The number of aliphatic hydroxyl groups is 1. The van der Waals surface area contributed by atoms with Gasteiger partial charge in [0, 0.05) is 23.8 Å². The first-order valence-corrected chi connectivity index (χ1v) is 11.4. The van der Waals surface area contributed by atoms with Crippen molar-refractivity contribution in [2.24, 2.45) is 17.8 Å². The highest BCUT2D eigenvalue weighted by molar-refractivity contribution is 6.12. The average molecular weight is 433 g/mol. The third-order valence-electron chi connectivity index (χ3n) is 7.74. The second-order valence-corrected chi connectivity index (χ2v) is 9.81. The summed E-state index contributed by atoms with van der Waals surface area (Å²) in [5.74, 6) is 1.88. The van der Waals surface area contributed by atoms with Crippen LogP contribution < -0.4 is 15.4 Å². The minimum Gasteiger partial charge on any atom is -0.495 e. The molecule has 0 saturated heterocycles. The van der Waals surface area contributed by atoms with Crippen LogP contribution in [0.1, 0.15) is 42.5 Å². The van der Waals surface area contributed by atoms with Crippen LogP contribution in [0.25, 0.3) is 11.0 Å². The number of benzene rings is 1. The topological polar surface area (TPSA) is 99.3 Å². The highest BCUT2D eigenvalue weighted by atomic mass is 16.5. The number of H-pyrrole nitrogens is 1. The molecule has 3 aromatic rings. The summed E-state index contributed by atoms with van der Waals surface area (Å²) in [6, 6.07) is 9.60. The predicted molar refractivity (Wildman–Crippen MR) is 123 cm³/mol. The zero-order chi connectivity index (χ0) is 21.9. The zero-order valence-corrected chi connectivity index (χ0v) is 18.1. The third kappa shape index (κ3) is 3.14. The van der Waals surface area contributed by atoms with Gasteiger partial charge in [-0.2, -0.15) is 0 Å². The summed E-state index contributed by atoms with van der Waals surface area (Å²) in [6.45, 7) is 0.